The van der Waals surface area contributed by atoms with Crippen LogP contribution in [0.2, 0.25) is 15.1 Å². The Balaban J connectivity index is 2.32. The van der Waals surface area contributed by atoms with Crippen molar-refractivity contribution in [3.63, 3.8) is 0 Å². The van der Waals surface area contributed by atoms with E-state index in [1.54, 1.807) is 30.3 Å². The lowest BCUT2D eigenvalue weighted by molar-refractivity contribution is 1.31. The molecule has 0 aliphatic heterocycles. The van der Waals surface area contributed by atoms with Gasteiger partial charge >= 0.3 is 0 Å². The zero-order valence-corrected chi connectivity index (χ0v) is 14.5. The van der Waals surface area contributed by atoms with E-state index in [0.717, 1.165) is 5.56 Å². The van der Waals surface area contributed by atoms with Gasteiger partial charge in [0.05, 0.1) is 15.7 Å². The third kappa shape index (κ3) is 2.92. The highest BCUT2D eigenvalue weighted by atomic mass is 35.5. The molecule has 3 aromatic rings. The smallest absolute Gasteiger partial charge is 0.142 e. The summed E-state index contributed by atoms with van der Waals surface area (Å²) in [5.74, 6) is 0.112. The van der Waals surface area contributed by atoms with E-state index >= 15 is 0 Å². The lowest BCUT2D eigenvalue weighted by Gasteiger charge is -2.12. The van der Waals surface area contributed by atoms with Crippen LogP contribution in [-0.2, 0) is 0 Å². The van der Waals surface area contributed by atoms with Crippen LogP contribution >= 0.6 is 34.8 Å². The molecule has 0 radical (unpaired) electrons. The van der Waals surface area contributed by atoms with Crippen molar-refractivity contribution < 1.29 is 0 Å². The van der Waals surface area contributed by atoms with Crippen molar-refractivity contribution in [1.82, 2.24) is 4.98 Å². The number of nitriles is 1. The molecule has 1 heterocycles. The number of hydrogen-bond donors (Lipinski definition) is 1. The first-order valence-electron chi connectivity index (χ1n) is 6.93. The highest BCUT2D eigenvalue weighted by molar-refractivity contribution is 6.43. The average Bonchev–Trinajstić information content (AvgIpc) is 2.57. The molecule has 1 aromatic heterocycles. The van der Waals surface area contributed by atoms with Crippen molar-refractivity contribution in [1.29, 1.82) is 5.26 Å². The Morgan fingerprint density at radius 3 is 2.25 bits per heavy atom. The highest BCUT2D eigenvalue weighted by Crippen LogP contribution is 2.38. The monoisotopic (exact) mass is 373 g/mol. The zero-order valence-electron chi connectivity index (χ0n) is 12.2. The van der Waals surface area contributed by atoms with Gasteiger partial charge in [-0.1, -0.05) is 65.1 Å². The molecule has 0 bridgehead atoms. The van der Waals surface area contributed by atoms with Crippen molar-refractivity contribution in [2.45, 2.75) is 0 Å². The van der Waals surface area contributed by atoms with Crippen molar-refractivity contribution in [2.24, 2.45) is 0 Å². The molecule has 0 fully saturated rings. The molecule has 0 aliphatic carbocycles. The van der Waals surface area contributed by atoms with E-state index in [0.29, 0.717) is 31.9 Å². The summed E-state index contributed by atoms with van der Waals surface area (Å²) in [6.07, 6.45) is 0. The minimum absolute atomic E-state index is 0.112. The third-order valence-electron chi connectivity index (χ3n) is 3.55. The first kappa shape index (κ1) is 16.6. The van der Waals surface area contributed by atoms with Crippen molar-refractivity contribution in [2.75, 3.05) is 5.73 Å². The van der Waals surface area contributed by atoms with Crippen LogP contribution in [0.25, 0.3) is 22.4 Å². The van der Waals surface area contributed by atoms with Crippen LogP contribution in [-0.4, -0.2) is 4.98 Å². The molecule has 2 aromatic carbocycles. The van der Waals surface area contributed by atoms with E-state index in [-0.39, 0.29) is 11.4 Å². The first-order chi connectivity index (χ1) is 11.5. The molecule has 0 spiro atoms. The fourth-order valence-electron chi connectivity index (χ4n) is 2.41. The summed E-state index contributed by atoms with van der Waals surface area (Å²) in [5.41, 5.74) is 8.69. The number of nitrogens with two attached hydrogens (primary N) is 1. The standard InChI is InChI=1S/C18H10Cl3N3/c19-14-6-2-1-4-11(14)16-8-12(13(9-22)18(23)24-16)10-5-3-7-15(20)17(10)21/h1-8H,(H2,23,24). The molecular weight excluding hydrogens is 365 g/mol. The van der Waals surface area contributed by atoms with Crippen LogP contribution in [0.5, 0.6) is 0 Å². The van der Waals surface area contributed by atoms with E-state index in [1.807, 2.05) is 18.2 Å². The molecule has 2 N–H and O–H groups in total. The Labute approximate surface area is 154 Å². The number of pyridine rings is 1. The molecule has 0 atom stereocenters. The predicted molar refractivity (Wildman–Crippen MR) is 99.3 cm³/mol. The summed E-state index contributed by atoms with van der Waals surface area (Å²) in [6.45, 7) is 0. The Morgan fingerprint density at radius 1 is 0.875 bits per heavy atom. The fraction of sp³-hybridized carbons (Fsp3) is 0. The molecule has 0 aliphatic rings. The summed E-state index contributed by atoms with van der Waals surface area (Å²) < 4.78 is 0. The second-order valence-electron chi connectivity index (χ2n) is 5.01. The Kier molecular flexibility index (Phi) is 4.64. The maximum Gasteiger partial charge on any atom is 0.142 e. The Hall–Kier alpha value is -2.25. The van der Waals surface area contributed by atoms with E-state index < -0.39 is 0 Å². The van der Waals surface area contributed by atoms with Gasteiger partial charge in [0, 0.05) is 21.7 Å². The molecule has 24 heavy (non-hydrogen) atoms. The minimum atomic E-state index is 0.112. The largest absolute Gasteiger partial charge is 0.383 e. The normalized spacial score (nSPS) is 10.4. The van der Waals surface area contributed by atoms with Crippen molar-refractivity contribution in [3.05, 3.63) is 69.2 Å². The van der Waals surface area contributed by atoms with Crippen molar-refractivity contribution >= 4 is 40.6 Å². The molecule has 0 saturated carbocycles. The minimum Gasteiger partial charge on any atom is -0.383 e. The number of hydrogen-bond acceptors (Lipinski definition) is 3. The number of nitrogen functional groups attached to an aromatic ring is 1. The van der Waals surface area contributed by atoms with Crippen LogP contribution in [0.4, 0.5) is 5.82 Å². The number of anilines is 1. The van der Waals surface area contributed by atoms with Crippen LogP contribution < -0.4 is 5.73 Å². The van der Waals surface area contributed by atoms with Crippen LogP contribution in [0.1, 0.15) is 5.56 Å². The van der Waals surface area contributed by atoms with Crippen LogP contribution in [0, 0.1) is 11.3 Å². The molecule has 0 amide bonds. The Morgan fingerprint density at radius 2 is 1.54 bits per heavy atom. The van der Waals surface area contributed by atoms with E-state index in [2.05, 4.69) is 11.1 Å². The third-order valence-corrected chi connectivity index (χ3v) is 4.70. The molecular formula is C18H10Cl3N3. The summed E-state index contributed by atoms with van der Waals surface area (Å²) in [6, 6.07) is 16.3. The maximum atomic E-state index is 9.46. The number of benzene rings is 2. The predicted octanol–water partition coefficient (Wildman–Crippen LogP) is 5.83. The maximum absolute atomic E-state index is 9.46. The number of nitrogens with zero attached hydrogens (tertiary/aromatic N) is 2. The van der Waals surface area contributed by atoms with Gasteiger partial charge in [-0.2, -0.15) is 5.26 Å². The second-order valence-corrected chi connectivity index (χ2v) is 6.20. The lowest BCUT2D eigenvalue weighted by atomic mass is 9.98. The van der Waals surface area contributed by atoms with E-state index in [9.17, 15) is 5.26 Å². The Bertz CT molecular complexity index is 978. The quantitative estimate of drug-likeness (QED) is 0.614. The summed E-state index contributed by atoms with van der Waals surface area (Å²) in [4.78, 5) is 4.31. The van der Waals surface area contributed by atoms with Gasteiger partial charge in [-0.3, -0.25) is 0 Å². The fourth-order valence-corrected chi connectivity index (χ4v) is 3.05. The van der Waals surface area contributed by atoms with Gasteiger partial charge in [-0.25, -0.2) is 4.98 Å². The molecule has 6 heteroatoms. The van der Waals surface area contributed by atoms with Crippen molar-refractivity contribution in [3.8, 4) is 28.5 Å². The first-order valence-corrected chi connectivity index (χ1v) is 8.06. The molecule has 0 saturated heterocycles. The molecule has 3 nitrogen and oxygen atoms in total. The summed E-state index contributed by atoms with van der Waals surface area (Å²) in [5, 5.41) is 10.8. The van der Waals surface area contributed by atoms with E-state index in [4.69, 9.17) is 40.5 Å². The second kappa shape index (κ2) is 6.70. The topological polar surface area (TPSA) is 62.7 Å². The van der Waals surface area contributed by atoms with Crippen LogP contribution in [0.3, 0.4) is 0 Å². The number of aromatic nitrogens is 1. The van der Waals surface area contributed by atoms with Gasteiger partial charge in [0.2, 0.25) is 0 Å². The SMILES string of the molecule is N#Cc1c(-c2cccc(Cl)c2Cl)cc(-c2ccccc2Cl)nc1N. The van der Waals surface area contributed by atoms with E-state index in [1.165, 1.54) is 0 Å². The molecule has 3 rings (SSSR count). The van der Waals surface area contributed by atoms with Gasteiger partial charge in [0.15, 0.2) is 0 Å². The summed E-state index contributed by atoms with van der Waals surface area (Å²) >= 11 is 18.7. The molecule has 118 valence electrons. The van der Waals surface area contributed by atoms with Gasteiger partial charge in [-0.05, 0) is 18.2 Å². The average molecular weight is 375 g/mol. The zero-order chi connectivity index (χ0) is 17.3. The van der Waals surface area contributed by atoms with Gasteiger partial charge in [0.25, 0.3) is 0 Å². The lowest BCUT2D eigenvalue weighted by Crippen LogP contribution is -2.00. The number of halogens is 3. The van der Waals surface area contributed by atoms with Gasteiger partial charge in [0.1, 0.15) is 17.5 Å². The molecule has 0 unspecified atom stereocenters. The van der Waals surface area contributed by atoms with Gasteiger partial charge < -0.3 is 5.73 Å². The highest BCUT2D eigenvalue weighted by Gasteiger charge is 2.17. The summed E-state index contributed by atoms with van der Waals surface area (Å²) in [7, 11) is 0. The van der Waals surface area contributed by atoms with Gasteiger partial charge in [-0.15, -0.1) is 0 Å². The van der Waals surface area contributed by atoms with Crippen LogP contribution in [0.15, 0.2) is 48.5 Å². The number of rotatable bonds is 2.